The van der Waals surface area contributed by atoms with Gasteiger partial charge in [-0.05, 0) is 24.1 Å². The molecule has 0 aliphatic carbocycles. The van der Waals surface area contributed by atoms with Crippen LogP contribution in [-0.4, -0.2) is 68.3 Å². The number of hydrogen-bond donors (Lipinski definition) is 7. The highest BCUT2D eigenvalue weighted by atomic mass is 16.4. The minimum absolute atomic E-state index is 0.0243. The summed E-state index contributed by atoms with van der Waals surface area (Å²) < 4.78 is 0. The smallest absolute Gasteiger partial charge is 0.326 e. The molecule has 0 aliphatic heterocycles. The lowest BCUT2D eigenvalue weighted by molar-refractivity contribution is -0.143. The van der Waals surface area contributed by atoms with Crippen molar-refractivity contribution in [2.75, 3.05) is 0 Å². The number of phenols is 1. The molecule has 2 amide bonds. The summed E-state index contributed by atoms with van der Waals surface area (Å²) in [6, 6.07) is 1.30. The van der Waals surface area contributed by atoms with Crippen molar-refractivity contribution in [3.05, 3.63) is 29.8 Å². The fraction of sp³-hybridized carbons (Fsp3) is 0.389. The first-order valence-corrected chi connectivity index (χ1v) is 8.80. The molecular formula is C18H23N3O9. The van der Waals surface area contributed by atoms with Crippen LogP contribution >= 0.6 is 0 Å². The number of nitrogens with two attached hydrogens (primary N) is 1. The van der Waals surface area contributed by atoms with E-state index in [9.17, 15) is 34.2 Å². The average molecular weight is 425 g/mol. The lowest BCUT2D eigenvalue weighted by Crippen LogP contribution is -2.55. The highest BCUT2D eigenvalue weighted by Gasteiger charge is 2.29. The van der Waals surface area contributed by atoms with E-state index in [-0.39, 0.29) is 18.6 Å². The third-order valence-electron chi connectivity index (χ3n) is 4.00. The van der Waals surface area contributed by atoms with Gasteiger partial charge in [-0.2, -0.15) is 0 Å². The number of nitrogens with one attached hydrogen (secondary N) is 2. The molecule has 12 nitrogen and oxygen atoms in total. The predicted octanol–water partition coefficient (Wildman–Crippen LogP) is -1.34. The Kier molecular flexibility index (Phi) is 9.23. The van der Waals surface area contributed by atoms with Crippen LogP contribution in [0.3, 0.4) is 0 Å². The van der Waals surface area contributed by atoms with Crippen LogP contribution in [0, 0.1) is 0 Å². The van der Waals surface area contributed by atoms with Gasteiger partial charge in [0.05, 0.1) is 12.5 Å². The van der Waals surface area contributed by atoms with Gasteiger partial charge in [-0.3, -0.25) is 19.2 Å². The fourth-order valence-electron chi connectivity index (χ4n) is 2.44. The van der Waals surface area contributed by atoms with Gasteiger partial charge in [0, 0.05) is 12.8 Å². The zero-order chi connectivity index (χ0) is 22.8. The Morgan fingerprint density at radius 2 is 1.43 bits per heavy atom. The molecule has 0 radical (unpaired) electrons. The summed E-state index contributed by atoms with van der Waals surface area (Å²) in [4.78, 5) is 57.5. The standard InChI is InChI=1S/C18H23N3O9/c19-11(8-15(25)26)16(27)20-12(5-6-14(23)24)17(28)21-13(18(29)30)7-9-1-3-10(22)4-2-9/h1-4,11-13,22H,5-8,19H2,(H,20,27)(H,21,28)(H,23,24)(H,25,26)(H,29,30). The van der Waals surface area contributed by atoms with Gasteiger partial charge in [-0.1, -0.05) is 12.1 Å². The predicted molar refractivity (Wildman–Crippen MR) is 100 cm³/mol. The maximum Gasteiger partial charge on any atom is 0.326 e. The number of carboxylic acids is 3. The van der Waals surface area contributed by atoms with Gasteiger partial charge in [0.2, 0.25) is 11.8 Å². The first kappa shape index (κ1) is 24.4. The summed E-state index contributed by atoms with van der Waals surface area (Å²) in [6.45, 7) is 0. The van der Waals surface area contributed by atoms with Crippen LogP contribution in [0.1, 0.15) is 24.8 Å². The second kappa shape index (κ2) is 11.4. The number of rotatable bonds is 12. The summed E-state index contributed by atoms with van der Waals surface area (Å²) >= 11 is 0. The van der Waals surface area contributed by atoms with Crippen molar-refractivity contribution in [1.82, 2.24) is 10.6 Å². The summed E-state index contributed by atoms with van der Waals surface area (Å²) in [5.41, 5.74) is 5.93. The van der Waals surface area contributed by atoms with Gasteiger partial charge in [0.1, 0.15) is 17.8 Å². The Labute approximate surface area is 170 Å². The largest absolute Gasteiger partial charge is 0.508 e. The molecule has 3 atom stereocenters. The van der Waals surface area contributed by atoms with Crippen molar-refractivity contribution in [3.63, 3.8) is 0 Å². The van der Waals surface area contributed by atoms with Crippen LogP contribution < -0.4 is 16.4 Å². The Bertz CT molecular complexity index is 795. The maximum absolute atomic E-state index is 12.5. The number of hydrogen-bond acceptors (Lipinski definition) is 7. The van der Waals surface area contributed by atoms with Gasteiger partial charge in [-0.15, -0.1) is 0 Å². The Balaban J connectivity index is 2.89. The number of carboxylic acid groups (broad SMARTS) is 3. The third-order valence-corrected chi connectivity index (χ3v) is 4.00. The van der Waals surface area contributed by atoms with Crippen molar-refractivity contribution in [1.29, 1.82) is 0 Å². The average Bonchev–Trinajstić information content (AvgIpc) is 2.65. The lowest BCUT2D eigenvalue weighted by atomic mass is 10.0. The first-order chi connectivity index (χ1) is 14.0. The van der Waals surface area contributed by atoms with Crippen molar-refractivity contribution in [2.45, 2.75) is 43.8 Å². The topological polar surface area (TPSA) is 216 Å². The van der Waals surface area contributed by atoms with Crippen LogP contribution in [0.2, 0.25) is 0 Å². The highest BCUT2D eigenvalue weighted by molar-refractivity contribution is 5.93. The van der Waals surface area contributed by atoms with E-state index < -0.39 is 60.7 Å². The SMILES string of the molecule is NC(CC(=O)O)C(=O)NC(CCC(=O)O)C(=O)NC(Cc1ccc(O)cc1)C(=O)O. The van der Waals surface area contributed by atoms with Crippen molar-refractivity contribution in [2.24, 2.45) is 5.73 Å². The number of aliphatic carboxylic acids is 3. The van der Waals surface area contributed by atoms with E-state index in [1.54, 1.807) is 0 Å². The first-order valence-electron chi connectivity index (χ1n) is 8.80. The molecule has 3 unspecified atom stereocenters. The lowest BCUT2D eigenvalue weighted by Gasteiger charge is -2.22. The molecule has 0 saturated carbocycles. The quantitative estimate of drug-likeness (QED) is 0.209. The molecule has 1 aromatic rings. The Hall–Kier alpha value is -3.67. The highest BCUT2D eigenvalue weighted by Crippen LogP contribution is 2.12. The molecule has 1 aromatic carbocycles. The molecule has 0 aliphatic rings. The van der Waals surface area contributed by atoms with E-state index in [0.717, 1.165) is 0 Å². The van der Waals surface area contributed by atoms with E-state index in [0.29, 0.717) is 5.56 Å². The van der Waals surface area contributed by atoms with Crippen LogP contribution in [0.15, 0.2) is 24.3 Å². The molecule has 0 heterocycles. The molecule has 8 N–H and O–H groups in total. The normalized spacial score (nSPS) is 13.5. The Morgan fingerprint density at radius 3 is 1.93 bits per heavy atom. The minimum atomic E-state index is -1.48. The van der Waals surface area contributed by atoms with Crippen LogP contribution in [0.5, 0.6) is 5.75 Å². The number of carbonyl (C=O) groups excluding carboxylic acids is 2. The monoisotopic (exact) mass is 425 g/mol. The summed E-state index contributed by atoms with van der Waals surface area (Å²) in [5, 5.41) is 40.6. The van der Waals surface area contributed by atoms with E-state index >= 15 is 0 Å². The minimum Gasteiger partial charge on any atom is -0.508 e. The van der Waals surface area contributed by atoms with Crippen molar-refractivity contribution in [3.8, 4) is 5.75 Å². The molecule has 0 spiro atoms. The van der Waals surface area contributed by atoms with Gasteiger partial charge in [-0.25, -0.2) is 4.79 Å². The third kappa shape index (κ3) is 8.56. The van der Waals surface area contributed by atoms with Crippen molar-refractivity contribution < 1.29 is 44.4 Å². The molecule has 0 aromatic heterocycles. The van der Waals surface area contributed by atoms with Gasteiger partial charge in [0.15, 0.2) is 0 Å². The zero-order valence-electron chi connectivity index (χ0n) is 15.8. The molecule has 1 rings (SSSR count). The second-order valence-electron chi connectivity index (χ2n) is 6.47. The number of phenolic OH excluding ortho intramolecular Hbond substituents is 1. The zero-order valence-corrected chi connectivity index (χ0v) is 15.8. The van der Waals surface area contributed by atoms with Gasteiger partial charge in [0.25, 0.3) is 0 Å². The molecular weight excluding hydrogens is 402 g/mol. The fourth-order valence-corrected chi connectivity index (χ4v) is 2.44. The molecule has 12 heteroatoms. The molecule has 0 fully saturated rings. The van der Waals surface area contributed by atoms with Gasteiger partial charge < -0.3 is 36.8 Å². The van der Waals surface area contributed by atoms with Gasteiger partial charge >= 0.3 is 17.9 Å². The van der Waals surface area contributed by atoms with Crippen LogP contribution in [-0.2, 0) is 30.4 Å². The number of aromatic hydroxyl groups is 1. The summed E-state index contributed by atoms with van der Waals surface area (Å²) in [5.74, 6) is -5.95. The van der Waals surface area contributed by atoms with E-state index in [1.807, 2.05) is 0 Å². The van der Waals surface area contributed by atoms with E-state index in [4.69, 9.17) is 15.9 Å². The molecule has 30 heavy (non-hydrogen) atoms. The van der Waals surface area contributed by atoms with Crippen molar-refractivity contribution >= 4 is 29.7 Å². The second-order valence-corrected chi connectivity index (χ2v) is 6.47. The number of amides is 2. The molecule has 0 saturated heterocycles. The van der Waals surface area contributed by atoms with E-state index in [1.165, 1.54) is 24.3 Å². The number of benzene rings is 1. The van der Waals surface area contributed by atoms with E-state index in [2.05, 4.69) is 10.6 Å². The maximum atomic E-state index is 12.5. The molecule has 164 valence electrons. The number of carbonyl (C=O) groups is 5. The summed E-state index contributed by atoms with van der Waals surface area (Å²) in [6.07, 6.45) is -1.72. The summed E-state index contributed by atoms with van der Waals surface area (Å²) in [7, 11) is 0. The van der Waals surface area contributed by atoms with Crippen LogP contribution in [0.4, 0.5) is 0 Å². The van der Waals surface area contributed by atoms with Crippen LogP contribution in [0.25, 0.3) is 0 Å². The molecule has 0 bridgehead atoms. The Morgan fingerprint density at radius 1 is 0.867 bits per heavy atom.